The van der Waals surface area contributed by atoms with Crippen molar-refractivity contribution >= 4 is 17.7 Å². The summed E-state index contributed by atoms with van der Waals surface area (Å²) in [6.07, 6.45) is 4.19. The highest BCUT2D eigenvalue weighted by atomic mass is 32.2. The molecule has 0 aromatic rings. The Balaban J connectivity index is 1.55. The van der Waals surface area contributed by atoms with E-state index in [0.29, 0.717) is 4.75 Å². The van der Waals surface area contributed by atoms with Gasteiger partial charge in [0.1, 0.15) is 0 Å². The molecule has 1 aliphatic carbocycles. The zero-order valence-corrected chi connectivity index (χ0v) is 15.3. The first kappa shape index (κ1) is 16.4. The molecular weight excluding hydrogens is 292 g/mol. The number of guanidine groups is 1. The SMILES string of the molecule is CCNC(=NCC1CCN(C2CC2)C1)N1CCSC(C)(C)C1. The lowest BCUT2D eigenvalue weighted by molar-refractivity contribution is 0.315. The summed E-state index contributed by atoms with van der Waals surface area (Å²) >= 11 is 2.08. The van der Waals surface area contributed by atoms with Crippen molar-refractivity contribution < 1.29 is 0 Å². The van der Waals surface area contributed by atoms with Crippen molar-refractivity contribution in [3.05, 3.63) is 0 Å². The zero-order valence-electron chi connectivity index (χ0n) is 14.5. The predicted molar refractivity (Wildman–Crippen MR) is 96.8 cm³/mol. The van der Waals surface area contributed by atoms with Gasteiger partial charge in [-0.2, -0.15) is 11.8 Å². The Morgan fingerprint density at radius 2 is 2.09 bits per heavy atom. The molecule has 22 heavy (non-hydrogen) atoms. The van der Waals surface area contributed by atoms with Gasteiger partial charge in [-0.25, -0.2) is 0 Å². The topological polar surface area (TPSA) is 30.9 Å². The number of likely N-dealkylation sites (tertiary alicyclic amines) is 1. The molecule has 0 amide bonds. The van der Waals surface area contributed by atoms with Crippen LogP contribution in [0, 0.1) is 5.92 Å². The maximum Gasteiger partial charge on any atom is 0.193 e. The summed E-state index contributed by atoms with van der Waals surface area (Å²) in [6, 6.07) is 0.919. The summed E-state index contributed by atoms with van der Waals surface area (Å²) in [5.74, 6) is 3.11. The van der Waals surface area contributed by atoms with Crippen LogP contribution in [0.2, 0.25) is 0 Å². The van der Waals surface area contributed by atoms with Crippen molar-refractivity contribution in [2.24, 2.45) is 10.9 Å². The third kappa shape index (κ3) is 4.31. The first-order chi connectivity index (χ1) is 10.6. The van der Waals surface area contributed by atoms with Gasteiger partial charge in [0.05, 0.1) is 0 Å². The van der Waals surface area contributed by atoms with E-state index in [4.69, 9.17) is 4.99 Å². The Bertz CT molecular complexity index is 405. The smallest absolute Gasteiger partial charge is 0.193 e. The van der Waals surface area contributed by atoms with Crippen LogP contribution in [-0.2, 0) is 0 Å². The van der Waals surface area contributed by atoms with Crippen LogP contribution in [0.5, 0.6) is 0 Å². The summed E-state index contributed by atoms with van der Waals surface area (Å²) < 4.78 is 0.338. The molecule has 3 fully saturated rings. The van der Waals surface area contributed by atoms with Crippen molar-refractivity contribution in [2.45, 2.75) is 50.8 Å². The van der Waals surface area contributed by atoms with Crippen LogP contribution < -0.4 is 5.32 Å². The number of hydrogen-bond donors (Lipinski definition) is 1. The van der Waals surface area contributed by atoms with E-state index in [9.17, 15) is 0 Å². The van der Waals surface area contributed by atoms with Crippen LogP contribution in [0.4, 0.5) is 0 Å². The van der Waals surface area contributed by atoms with Gasteiger partial charge in [0, 0.05) is 49.3 Å². The fraction of sp³-hybridized carbons (Fsp3) is 0.941. The summed E-state index contributed by atoms with van der Waals surface area (Å²) in [5, 5.41) is 3.51. The molecule has 5 heteroatoms. The number of aliphatic imine (C=N–C) groups is 1. The molecule has 3 rings (SSSR count). The molecule has 0 aromatic carbocycles. The van der Waals surface area contributed by atoms with Gasteiger partial charge in [-0.3, -0.25) is 4.99 Å². The minimum Gasteiger partial charge on any atom is -0.357 e. The molecule has 2 saturated heterocycles. The van der Waals surface area contributed by atoms with Crippen LogP contribution in [0.3, 0.4) is 0 Å². The molecule has 2 heterocycles. The average Bonchev–Trinajstić information content (AvgIpc) is 3.22. The highest BCUT2D eigenvalue weighted by molar-refractivity contribution is 8.00. The van der Waals surface area contributed by atoms with E-state index in [1.807, 2.05) is 0 Å². The Labute approximate surface area is 140 Å². The minimum atomic E-state index is 0.338. The molecule has 3 aliphatic rings. The lowest BCUT2D eigenvalue weighted by Gasteiger charge is -2.39. The molecule has 2 aliphatic heterocycles. The van der Waals surface area contributed by atoms with Crippen LogP contribution in [-0.4, -0.2) is 71.6 Å². The van der Waals surface area contributed by atoms with Crippen molar-refractivity contribution in [2.75, 3.05) is 45.0 Å². The second-order valence-electron chi connectivity index (χ2n) is 7.61. The lowest BCUT2D eigenvalue weighted by atomic mass is 10.1. The fourth-order valence-corrected chi connectivity index (χ4v) is 4.73. The number of hydrogen-bond acceptors (Lipinski definition) is 3. The number of rotatable bonds is 4. The fourth-order valence-electron chi connectivity index (χ4n) is 3.62. The lowest BCUT2D eigenvalue weighted by Crippen LogP contribution is -2.51. The molecule has 1 N–H and O–H groups in total. The third-order valence-corrected chi connectivity index (χ3v) is 6.24. The first-order valence-electron chi connectivity index (χ1n) is 8.98. The maximum atomic E-state index is 4.99. The van der Waals surface area contributed by atoms with E-state index >= 15 is 0 Å². The molecule has 4 nitrogen and oxygen atoms in total. The largest absolute Gasteiger partial charge is 0.357 e. The zero-order chi connectivity index (χ0) is 15.6. The van der Waals surface area contributed by atoms with E-state index in [1.165, 1.54) is 38.1 Å². The second-order valence-corrected chi connectivity index (χ2v) is 9.41. The third-order valence-electron chi connectivity index (χ3n) is 4.94. The van der Waals surface area contributed by atoms with Gasteiger partial charge in [-0.05, 0) is 52.5 Å². The van der Waals surface area contributed by atoms with Gasteiger partial charge in [-0.15, -0.1) is 0 Å². The van der Waals surface area contributed by atoms with Gasteiger partial charge in [0.15, 0.2) is 5.96 Å². The summed E-state index contributed by atoms with van der Waals surface area (Å²) in [4.78, 5) is 10.1. The molecule has 0 aromatic heterocycles. The molecule has 0 radical (unpaired) electrons. The molecule has 1 saturated carbocycles. The molecule has 0 spiro atoms. The maximum absolute atomic E-state index is 4.99. The van der Waals surface area contributed by atoms with Crippen LogP contribution in [0.25, 0.3) is 0 Å². The van der Waals surface area contributed by atoms with E-state index in [1.54, 1.807) is 0 Å². The first-order valence-corrected chi connectivity index (χ1v) is 9.97. The quantitative estimate of drug-likeness (QED) is 0.635. The average molecular weight is 325 g/mol. The second kappa shape index (κ2) is 7.00. The van der Waals surface area contributed by atoms with Crippen molar-refractivity contribution in [3.63, 3.8) is 0 Å². The van der Waals surface area contributed by atoms with Crippen molar-refractivity contribution in [3.8, 4) is 0 Å². The molecule has 1 unspecified atom stereocenters. The highest BCUT2D eigenvalue weighted by Gasteiger charge is 2.34. The normalized spacial score (nSPS) is 29.9. The van der Waals surface area contributed by atoms with Gasteiger partial charge < -0.3 is 15.1 Å². The Morgan fingerprint density at radius 3 is 2.77 bits per heavy atom. The number of thioether (sulfide) groups is 1. The van der Waals surface area contributed by atoms with Gasteiger partial charge in [0.25, 0.3) is 0 Å². The Hall–Kier alpha value is -0.420. The molecule has 126 valence electrons. The Kier molecular flexibility index (Phi) is 5.23. The van der Waals surface area contributed by atoms with Crippen molar-refractivity contribution in [1.29, 1.82) is 0 Å². The minimum absolute atomic E-state index is 0.338. The summed E-state index contributed by atoms with van der Waals surface area (Å²) in [5.41, 5.74) is 0. The van der Waals surface area contributed by atoms with Crippen LogP contribution >= 0.6 is 11.8 Å². The number of nitrogens with zero attached hydrogens (tertiary/aromatic N) is 3. The van der Waals surface area contributed by atoms with Crippen molar-refractivity contribution in [1.82, 2.24) is 15.1 Å². The van der Waals surface area contributed by atoms with Crippen LogP contribution in [0.1, 0.15) is 40.0 Å². The standard InChI is InChI=1S/C17H32N4S/c1-4-18-16(21-9-10-22-17(2,3)13-21)19-11-14-7-8-20(12-14)15-5-6-15/h14-15H,4-13H2,1-3H3,(H,18,19). The van der Waals surface area contributed by atoms with E-state index < -0.39 is 0 Å². The molecule has 1 atom stereocenters. The Morgan fingerprint density at radius 1 is 1.27 bits per heavy atom. The van der Waals surface area contributed by atoms with Gasteiger partial charge in [-0.1, -0.05) is 0 Å². The number of nitrogens with one attached hydrogen (secondary N) is 1. The van der Waals surface area contributed by atoms with E-state index in [0.717, 1.165) is 44.1 Å². The monoisotopic (exact) mass is 324 g/mol. The van der Waals surface area contributed by atoms with Crippen LogP contribution in [0.15, 0.2) is 4.99 Å². The summed E-state index contributed by atoms with van der Waals surface area (Å²) in [7, 11) is 0. The highest BCUT2D eigenvalue weighted by Crippen LogP contribution is 2.32. The summed E-state index contributed by atoms with van der Waals surface area (Å²) in [6.45, 7) is 13.6. The molecule has 0 bridgehead atoms. The van der Waals surface area contributed by atoms with Gasteiger partial charge >= 0.3 is 0 Å². The van der Waals surface area contributed by atoms with Gasteiger partial charge in [0.2, 0.25) is 0 Å². The van der Waals surface area contributed by atoms with E-state index in [2.05, 4.69) is 47.6 Å². The van der Waals surface area contributed by atoms with E-state index in [-0.39, 0.29) is 0 Å². The predicted octanol–water partition coefficient (Wildman–Crippen LogP) is 2.26. The molecular formula is C17H32N4S.